The number of carbonyl (C=O) groups is 1. The van der Waals surface area contributed by atoms with Crippen LogP contribution in [0.5, 0.6) is 5.75 Å². The van der Waals surface area contributed by atoms with Crippen LogP contribution < -0.4 is 9.75 Å². The van der Waals surface area contributed by atoms with Crippen molar-refractivity contribution in [3.63, 3.8) is 0 Å². The van der Waals surface area contributed by atoms with Crippen LogP contribution in [0.15, 0.2) is 95.6 Å². The Morgan fingerprint density at radius 3 is 2.21 bits per heavy atom. The van der Waals surface area contributed by atoms with Crippen LogP contribution in [-0.2, 0) is 4.79 Å². The maximum atomic E-state index is 13.2. The summed E-state index contributed by atoms with van der Waals surface area (Å²) in [4.78, 5) is 13.2. The number of nitrogens with zero attached hydrogens (tertiary/aromatic N) is 2. The van der Waals surface area contributed by atoms with Crippen molar-refractivity contribution >= 4 is 23.4 Å². The summed E-state index contributed by atoms with van der Waals surface area (Å²) in [6.07, 6.45) is 2.85. The molecule has 3 aromatic carbocycles. The van der Waals surface area contributed by atoms with Gasteiger partial charge in [-0.15, -0.1) is 0 Å². The maximum absolute atomic E-state index is 13.2. The zero-order chi connectivity index (χ0) is 20.1. The van der Waals surface area contributed by atoms with E-state index in [4.69, 9.17) is 4.74 Å². The lowest BCUT2D eigenvalue weighted by atomic mass is 10.0. The first-order valence-corrected chi connectivity index (χ1v) is 9.74. The van der Waals surface area contributed by atoms with Crippen LogP contribution in [-0.4, -0.2) is 18.2 Å². The third kappa shape index (κ3) is 4.11. The lowest BCUT2D eigenvalue weighted by Gasteiger charge is -2.11. The van der Waals surface area contributed by atoms with E-state index in [1.54, 1.807) is 0 Å². The van der Waals surface area contributed by atoms with Gasteiger partial charge in [-0.05, 0) is 42.3 Å². The van der Waals surface area contributed by atoms with Gasteiger partial charge in [-0.2, -0.15) is 10.1 Å². The second kappa shape index (κ2) is 8.57. The quantitative estimate of drug-likeness (QED) is 0.542. The normalized spacial score (nSPS) is 14.9. The maximum Gasteiger partial charge on any atom is 0.281 e. The summed E-state index contributed by atoms with van der Waals surface area (Å²) in [5, 5.41) is 6.12. The Hall–Kier alpha value is -3.66. The molecule has 0 atom stereocenters. The molecule has 1 heterocycles. The van der Waals surface area contributed by atoms with Crippen LogP contribution in [0.2, 0.25) is 0 Å². The highest BCUT2D eigenvalue weighted by Crippen LogP contribution is 2.28. The van der Waals surface area contributed by atoms with E-state index < -0.39 is 0 Å². The SMILES string of the molecule is CCCOc1ccc(/C=C2\C(=O)N(c3ccccc3)N=C2c2ccccc2)cc1. The first-order chi connectivity index (χ1) is 14.3. The molecule has 1 aliphatic rings. The third-order valence-corrected chi connectivity index (χ3v) is 4.59. The van der Waals surface area contributed by atoms with Crippen molar-refractivity contribution in [2.45, 2.75) is 13.3 Å². The van der Waals surface area contributed by atoms with Crippen LogP contribution in [0, 0.1) is 0 Å². The molecule has 1 amide bonds. The number of hydrogen-bond acceptors (Lipinski definition) is 3. The fourth-order valence-corrected chi connectivity index (χ4v) is 3.15. The molecule has 0 spiro atoms. The van der Waals surface area contributed by atoms with E-state index in [-0.39, 0.29) is 5.91 Å². The number of anilines is 1. The van der Waals surface area contributed by atoms with Gasteiger partial charge < -0.3 is 4.74 Å². The first kappa shape index (κ1) is 18.7. The number of rotatable bonds is 6. The van der Waals surface area contributed by atoms with Gasteiger partial charge in [-0.3, -0.25) is 4.79 Å². The molecule has 0 saturated heterocycles. The topological polar surface area (TPSA) is 41.9 Å². The van der Waals surface area contributed by atoms with Crippen LogP contribution >= 0.6 is 0 Å². The van der Waals surface area contributed by atoms with Gasteiger partial charge in [0.2, 0.25) is 0 Å². The molecule has 144 valence electrons. The number of ether oxygens (including phenoxy) is 1. The van der Waals surface area contributed by atoms with E-state index in [0.29, 0.717) is 17.9 Å². The van der Waals surface area contributed by atoms with Crippen molar-refractivity contribution in [1.82, 2.24) is 0 Å². The summed E-state index contributed by atoms with van der Waals surface area (Å²) in [5.74, 6) is 0.691. The van der Waals surface area contributed by atoms with Crippen molar-refractivity contribution in [1.29, 1.82) is 0 Å². The number of amides is 1. The summed E-state index contributed by atoms with van der Waals surface area (Å²) in [6.45, 7) is 2.77. The van der Waals surface area contributed by atoms with Crippen LogP contribution in [0.25, 0.3) is 6.08 Å². The molecule has 3 aromatic rings. The van der Waals surface area contributed by atoms with Gasteiger partial charge in [-0.25, -0.2) is 0 Å². The van der Waals surface area contributed by atoms with Gasteiger partial charge in [0.15, 0.2) is 0 Å². The second-order valence-corrected chi connectivity index (χ2v) is 6.74. The number of benzene rings is 3. The molecule has 0 fully saturated rings. The van der Waals surface area contributed by atoms with E-state index >= 15 is 0 Å². The highest BCUT2D eigenvalue weighted by atomic mass is 16.5. The number of hydrogen-bond donors (Lipinski definition) is 0. The highest BCUT2D eigenvalue weighted by molar-refractivity contribution is 6.37. The highest BCUT2D eigenvalue weighted by Gasteiger charge is 2.31. The molecular formula is C25H22N2O2. The minimum Gasteiger partial charge on any atom is -0.494 e. The van der Waals surface area contributed by atoms with E-state index in [9.17, 15) is 4.79 Å². The zero-order valence-electron chi connectivity index (χ0n) is 16.3. The third-order valence-electron chi connectivity index (χ3n) is 4.59. The van der Waals surface area contributed by atoms with Gasteiger partial charge >= 0.3 is 0 Å². The summed E-state index contributed by atoms with van der Waals surface area (Å²) >= 11 is 0. The van der Waals surface area contributed by atoms with Crippen molar-refractivity contribution in [2.24, 2.45) is 5.10 Å². The summed E-state index contributed by atoms with van der Waals surface area (Å²) < 4.78 is 5.65. The average molecular weight is 382 g/mol. The molecule has 0 aliphatic carbocycles. The molecule has 0 N–H and O–H groups in total. The number of para-hydroxylation sites is 1. The summed E-state index contributed by atoms with van der Waals surface area (Å²) in [6, 6.07) is 27.0. The van der Waals surface area contributed by atoms with Gasteiger partial charge in [0.25, 0.3) is 5.91 Å². The van der Waals surface area contributed by atoms with E-state index in [2.05, 4.69) is 12.0 Å². The molecule has 4 rings (SSSR count). The van der Waals surface area contributed by atoms with Crippen LogP contribution in [0.1, 0.15) is 24.5 Å². The minimum atomic E-state index is -0.138. The van der Waals surface area contributed by atoms with Gasteiger partial charge in [-0.1, -0.05) is 67.6 Å². The molecule has 29 heavy (non-hydrogen) atoms. The molecule has 0 bridgehead atoms. The first-order valence-electron chi connectivity index (χ1n) is 9.74. The summed E-state index contributed by atoms with van der Waals surface area (Å²) in [5.41, 5.74) is 3.83. The Kier molecular flexibility index (Phi) is 5.52. The Morgan fingerprint density at radius 2 is 1.55 bits per heavy atom. The van der Waals surface area contributed by atoms with Crippen molar-refractivity contribution in [3.05, 3.63) is 102 Å². The molecule has 0 unspecified atom stereocenters. The number of carbonyl (C=O) groups excluding carboxylic acids is 1. The van der Waals surface area contributed by atoms with Crippen LogP contribution in [0.4, 0.5) is 5.69 Å². The molecule has 0 aromatic heterocycles. The lowest BCUT2D eigenvalue weighted by molar-refractivity contribution is -0.114. The number of hydrazone groups is 1. The van der Waals surface area contributed by atoms with Crippen molar-refractivity contribution in [3.8, 4) is 5.75 Å². The van der Waals surface area contributed by atoms with Gasteiger partial charge in [0.05, 0.1) is 17.9 Å². The predicted molar refractivity (Wildman–Crippen MR) is 117 cm³/mol. The molecule has 0 radical (unpaired) electrons. The smallest absolute Gasteiger partial charge is 0.281 e. The summed E-state index contributed by atoms with van der Waals surface area (Å²) in [7, 11) is 0. The molecular weight excluding hydrogens is 360 g/mol. The fraction of sp³-hybridized carbons (Fsp3) is 0.120. The Bertz CT molecular complexity index is 1040. The lowest BCUT2D eigenvalue weighted by Crippen LogP contribution is -2.21. The van der Waals surface area contributed by atoms with Gasteiger partial charge in [0, 0.05) is 5.56 Å². The second-order valence-electron chi connectivity index (χ2n) is 6.74. The van der Waals surface area contributed by atoms with Crippen molar-refractivity contribution in [2.75, 3.05) is 11.6 Å². The largest absolute Gasteiger partial charge is 0.494 e. The Balaban J connectivity index is 1.71. The average Bonchev–Trinajstić information content (AvgIpc) is 3.10. The standard InChI is InChI=1S/C25H22N2O2/c1-2-17-29-22-15-13-19(14-16-22)18-23-24(20-9-5-3-6-10-20)26-27(25(23)28)21-11-7-4-8-12-21/h3-16,18H,2,17H2,1H3/b23-18-. The Morgan fingerprint density at radius 1 is 0.897 bits per heavy atom. The molecule has 4 nitrogen and oxygen atoms in total. The minimum absolute atomic E-state index is 0.138. The molecule has 4 heteroatoms. The zero-order valence-corrected chi connectivity index (χ0v) is 16.3. The molecule has 0 saturated carbocycles. The van der Waals surface area contributed by atoms with Crippen molar-refractivity contribution < 1.29 is 9.53 Å². The fourth-order valence-electron chi connectivity index (χ4n) is 3.15. The van der Waals surface area contributed by atoms with Gasteiger partial charge in [0.1, 0.15) is 11.5 Å². The van der Waals surface area contributed by atoms with Crippen LogP contribution in [0.3, 0.4) is 0 Å². The van der Waals surface area contributed by atoms with E-state index in [0.717, 1.165) is 29.0 Å². The Labute approximate surface area is 170 Å². The van der Waals surface area contributed by atoms with E-state index in [1.165, 1.54) is 5.01 Å². The monoisotopic (exact) mass is 382 g/mol. The predicted octanol–water partition coefficient (Wildman–Crippen LogP) is 5.31. The molecule has 1 aliphatic heterocycles. The van der Waals surface area contributed by atoms with E-state index in [1.807, 2.05) is 91.0 Å².